The van der Waals surface area contributed by atoms with Crippen LogP contribution in [-0.2, 0) is 0 Å². The number of rotatable bonds is 8. The van der Waals surface area contributed by atoms with Crippen LogP contribution in [0.3, 0.4) is 0 Å². The van der Waals surface area contributed by atoms with Gasteiger partial charge in [0.15, 0.2) is 0 Å². The van der Waals surface area contributed by atoms with Crippen LogP contribution in [0.5, 0.6) is 0 Å². The highest BCUT2D eigenvalue weighted by molar-refractivity contribution is 7.18. The first kappa shape index (κ1) is 16.0. The molecule has 2 rings (SSSR count). The number of hydrogen-bond donors (Lipinski definition) is 3. The number of nitrogens with zero attached hydrogens (tertiary/aromatic N) is 2. The molecule has 3 N–H and O–H groups in total. The van der Waals surface area contributed by atoms with Gasteiger partial charge in [-0.3, -0.25) is 0 Å². The minimum Gasteiger partial charge on any atom is -0.396 e. The summed E-state index contributed by atoms with van der Waals surface area (Å²) in [5, 5.41) is 16.7. The second kappa shape index (κ2) is 7.56. The molecule has 0 saturated carbocycles. The van der Waals surface area contributed by atoms with Crippen molar-refractivity contribution >= 4 is 33.3 Å². The smallest absolute Gasteiger partial charge is 0.226 e. The first-order chi connectivity index (χ1) is 10.1. The molecule has 0 aliphatic carbocycles. The quantitative estimate of drug-likeness (QED) is 0.698. The lowest BCUT2D eigenvalue weighted by molar-refractivity contribution is 0.266. The lowest BCUT2D eigenvalue weighted by atomic mass is 10.1. The molecule has 2 aromatic heterocycles. The van der Waals surface area contributed by atoms with Crippen molar-refractivity contribution < 1.29 is 5.11 Å². The second-order valence-electron chi connectivity index (χ2n) is 5.40. The van der Waals surface area contributed by atoms with Gasteiger partial charge in [0.2, 0.25) is 5.95 Å². The molecule has 0 aliphatic heterocycles. The van der Waals surface area contributed by atoms with Crippen molar-refractivity contribution in [2.45, 2.75) is 33.6 Å². The predicted molar refractivity (Wildman–Crippen MR) is 90.3 cm³/mol. The molecule has 0 bridgehead atoms. The van der Waals surface area contributed by atoms with Crippen molar-refractivity contribution in [1.29, 1.82) is 0 Å². The summed E-state index contributed by atoms with van der Waals surface area (Å²) in [5.74, 6) is 1.98. The average Bonchev–Trinajstić information content (AvgIpc) is 2.83. The Morgan fingerprint density at radius 1 is 1.33 bits per heavy atom. The van der Waals surface area contributed by atoms with Crippen molar-refractivity contribution in [3.8, 4) is 0 Å². The zero-order valence-corrected chi connectivity index (χ0v) is 13.8. The van der Waals surface area contributed by atoms with E-state index in [1.54, 1.807) is 11.3 Å². The van der Waals surface area contributed by atoms with Crippen molar-refractivity contribution in [2.75, 3.05) is 30.3 Å². The van der Waals surface area contributed by atoms with E-state index in [1.807, 2.05) is 0 Å². The van der Waals surface area contributed by atoms with Gasteiger partial charge in [-0.15, -0.1) is 11.3 Å². The normalized spacial score (nSPS) is 12.6. The van der Waals surface area contributed by atoms with Crippen molar-refractivity contribution in [2.24, 2.45) is 5.92 Å². The first-order valence-corrected chi connectivity index (χ1v) is 8.32. The fourth-order valence-corrected chi connectivity index (χ4v) is 2.97. The fraction of sp³-hybridized carbons (Fsp3) is 0.600. The maximum Gasteiger partial charge on any atom is 0.226 e. The number of aliphatic hydroxyl groups is 1. The van der Waals surface area contributed by atoms with Crippen LogP contribution in [0, 0.1) is 12.8 Å². The van der Waals surface area contributed by atoms with E-state index in [0.29, 0.717) is 11.9 Å². The van der Waals surface area contributed by atoms with Gasteiger partial charge in [0.25, 0.3) is 0 Å². The molecule has 0 aliphatic rings. The molecule has 2 heterocycles. The van der Waals surface area contributed by atoms with Gasteiger partial charge in [-0.1, -0.05) is 13.8 Å². The zero-order valence-electron chi connectivity index (χ0n) is 12.9. The molecule has 21 heavy (non-hydrogen) atoms. The minimum atomic E-state index is 0.225. The molecule has 1 unspecified atom stereocenters. The molecule has 0 radical (unpaired) electrons. The van der Waals surface area contributed by atoms with Gasteiger partial charge in [-0.2, -0.15) is 4.98 Å². The third kappa shape index (κ3) is 4.28. The van der Waals surface area contributed by atoms with Crippen LogP contribution in [0.4, 0.5) is 11.8 Å². The van der Waals surface area contributed by atoms with Gasteiger partial charge in [-0.25, -0.2) is 4.98 Å². The summed E-state index contributed by atoms with van der Waals surface area (Å²) in [4.78, 5) is 11.4. The van der Waals surface area contributed by atoms with E-state index in [9.17, 15) is 0 Å². The van der Waals surface area contributed by atoms with Crippen molar-refractivity contribution in [3.63, 3.8) is 0 Å². The number of anilines is 2. The molecule has 6 heteroatoms. The topological polar surface area (TPSA) is 70.1 Å². The van der Waals surface area contributed by atoms with Crippen molar-refractivity contribution in [1.82, 2.24) is 9.97 Å². The van der Waals surface area contributed by atoms with Gasteiger partial charge in [-0.05, 0) is 31.7 Å². The van der Waals surface area contributed by atoms with E-state index >= 15 is 0 Å². The monoisotopic (exact) mass is 308 g/mol. The third-order valence-electron chi connectivity index (χ3n) is 3.29. The molecule has 2 aromatic rings. The molecule has 1 atom stereocenters. The summed E-state index contributed by atoms with van der Waals surface area (Å²) in [7, 11) is 0. The number of hydrogen-bond acceptors (Lipinski definition) is 6. The summed E-state index contributed by atoms with van der Waals surface area (Å²) < 4.78 is 0. The molecular formula is C15H24N4OS. The number of thiophene rings is 1. The Labute approximate surface area is 129 Å². The molecule has 0 spiro atoms. The Bertz CT molecular complexity index is 584. The molecule has 0 aromatic carbocycles. The Morgan fingerprint density at radius 3 is 2.86 bits per heavy atom. The van der Waals surface area contributed by atoms with Crippen LogP contribution in [0.25, 0.3) is 10.2 Å². The highest BCUT2D eigenvalue weighted by atomic mass is 32.1. The van der Waals surface area contributed by atoms with Crippen LogP contribution < -0.4 is 10.6 Å². The highest BCUT2D eigenvalue weighted by Gasteiger charge is 2.11. The Morgan fingerprint density at radius 2 is 2.14 bits per heavy atom. The largest absolute Gasteiger partial charge is 0.396 e. The fourth-order valence-electron chi connectivity index (χ4n) is 2.09. The summed E-state index contributed by atoms with van der Waals surface area (Å²) in [6.45, 7) is 8.23. The maximum absolute atomic E-state index is 8.99. The molecule has 116 valence electrons. The predicted octanol–water partition coefficient (Wildman–Crippen LogP) is 3.25. The number of aliphatic hydroxyl groups excluding tert-OH is 1. The molecule has 0 saturated heterocycles. The van der Waals surface area contributed by atoms with Crippen LogP contribution in [0.1, 0.15) is 31.6 Å². The second-order valence-corrected chi connectivity index (χ2v) is 6.63. The van der Waals surface area contributed by atoms with Crippen LogP contribution in [-0.4, -0.2) is 34.8 Å². The van der Waals surface area contributed by atoms with Gasteiger partial charge in [0.05, 0.1) is 5.39 Å². The highest BCUT2D eigenvalue weighted by Crippen LogP contribution is 2.29. The van der Waals surface area contributed by atoms with E-state index in [1.165, 1.54) is 4.88 Å². The van der Waals surface area contributed by atoms with Crippen LogP contribution in [0.15, 0.2) is 6.07 Å². The number of nitrogens with one attached hydrogen (secondary N) is 2. The minimum absolute atomic E-state index is 0.225. The van der Waals surface area contributed by atoms with E-state index < -0.39 is 0 Å². The molecule has 5 nitrogen and oxygen atoms in total. The standard InChI is InChI=1S/C15H24N4OS/c1-4-6-16-15-18-13(17-9-10(2)5-7-20)12-8-11(3)21-14(12)19-15/h8,10,20H,4-7,9H2,1-3H3,(H2,16,17,18,19). The van der Waals surface area contributed by atoms with Crippen molar-refractivity contribution in [3.05, 3.63) is 10.9 Å². The number of fused-ring (bicyclic) bond motifs is 1. The Hall–Kier alpha value is -1.40. The van der Waals surface area contributed by atoms with Crippen LogP contribution in [0.2, 0.25) is 0 Å². The summed E-state index contributed by atoms with van der Waals surface area (Å²) in [5.41, 5.74) is 0. The number of aromatic nitrogens is 2. The third-order valence-corrected chi connectivity index (χ3v) is 4.23. The average molecular weight is 308 g/mol. The van der Waals surface area contributed by atoms with Gasteiger partial charge < -0.3 is 15.7 Å². The van der Waals surface area contributed by atoms with E-state index in [2.05, 4.69) is 47.4 Å². The summed E-state index contributed by atoms with van der Waals surface area (Å²) in [6.07, 6.45) is 1.84. The van der Waals surface area contributed by atoms with Gasteiger partial charge in [0, 0.05) is 24.6 Å². The first-order valence-electron chi connectivity index (χ1n) is 7.50. The molecule has 0 fully saturated rings. The number of aryl methyl sites for hydroxylation is 1. The maximum atomic E-state index is 8.99. The molecular weight excluding hydrogens is 284 g/mol. The lowest BCUT2D eigenvalue weighted by Gasteiger charge is -2.13. The van der Waals surface area contributed by atoms with E-state index in [-0.39, 0.29) is 6.61 Å². The SMILES string of the molecule is CCCNc1nc(NCC(C)CCO)c2cc(C)sc2n1. The van der Waals surface area contributed by atoms with Gasteiger partial charge in [0.1, 0.15) is 10.6 Å². The zero-order chi connectivity index (χ0) is 15.2. The van der Waals surface area contributed by atoms with E-state index in [4.69, 9.17) is 5.11 Å². The lowest BCUT2D eigenvalue weighted by Crippen LogP contribution is -2.14. The Kier molecular flexibility index (Phi) is 5.76. The Balaban J connectivity index is 2.21. The van der Waals surface area contributed by atoms with Crippen LogP contribution >= 0.6 is 11.3 Å². The van der Waals surface area contributed by atoms with E-state index in [0.717, 1.165) is 42.0 Å². The summed E-state index contributed by atoms with van der Waals surface area (Å²) in [6, 6.07) is 2.13. The summed E-state index contributed by atoms with van der Waals surface area (Å²) >= 11 is 1.69. The molecule has 0 amide bonds. The van der Waals surface area contributed by atoms with Gasteiger partial charge >= 0.3 is 0 Å².